The van der Waals surface area contributed by atoms with Crippen LogP contribution in [0.2, 0.25) is 5.02 Å². The molecule has 4 aromatic carbocycles. The van der Waals surface area contributed by atoms with Crippen LogP contribution in [0.15, 0.2) is 91.0 Å². The normalized spacial score (nSPS) is 11.2. The molecule has 5 rings (SSSR count). The summed E-state index contributed by atoms with van der Waals surface area (Å²) < 4.78 is 2.30. The summed E-state index contributed by atoms with van der Waals surface area (Å²) in [5.41, 5.74) is 4.01. The summed E-state index contributed by atoms with van der Waals surface area (Å²) in [6.45, 7) is 1.34. The second kappa shape index (κ2) is 9.47. The van der Waals surface area contributed by atoms with Crippen LogP contribution in [-0.4, -0.2) is 22.0 Å². The first-order valence-electron chi connectivity index (χ1n) is 11.1. The third kappa shape index (κ3) is 4.62. The largest absolute Gasteiger partial charge is 0.352 e. The van der Waals surface area contributed by atoms with E-state index in [-0.39, 0.29) is 5.91 Å². The van der Waals surface area contributed by atoms with Gasteiger partial charge in [0.1, 0.15) is 5.82 Å². The second-order valence-corrected chi connectivity index (χ2v) is 8.54. The fraction of sp³-hybridized carbons (Fsp3) is 0.143. The number of hydrogen-bond donors (Lipinski definition) is 1. The molecule has 1 aromatic heterocycles. The van der Waals surface area contributed by atoms with E-state index >= 15 is 0 Å². The molecule has 0 bridgehead atoms. The highest BCUT2D eigenvalue weighted by Crippen LogP contribution is 2.23. The van der Waals surface area contributed by atoms with E-state index in [4.69, 9.17) is 16.6 Å². The molecule has 0 aliphatic heterocycles. The highest BCUT2D eigenvalue weighted by Gasteiger charge is 2.12. The SMILES string of the molecule is O=C(NCCCc1nc2ccccc2n1Cc1cccc2ccccc12)c1ccc(Cl)cc1. The van der Waals surface area contributed by atoms with E-state index in [0.717, 1.165) is 36.2 Å². The minimum absolute atomic E-state index is 0.0871. The molecule has 164 valence electrons. The van der Waals surface area contributed by atoms with Crippen LogP contribution in [0.4, 0.5) is 0 Å². The van der Waals surface area contributed by atoms with E-state index in [1.807, 2.05) is 6.07 Å². The summed E-state index contributed by atoms with van der Waals surface area (Å²) in [4.78, 5) is 17.3. The van der Waals surface area contributed by atoms with E-state index in [1.54, 1.807) is 24.3 Å². The number of para-hydroxylation sites is 2. The maximum Gasteiger partial charge on any atom is 0.251 e. The lowest BCUT2D eigenvalue weighted by Gasteiger charge is -2.12. The quantitative estimate of drug-likeness (QED) is 0.296. The van der Waals surface area contributed by atoms with Crippen LogP contribution >= 0.6 is 11.6 Å². The van der Waals surface area contributed by atoms with E-state index in [9.17, 15) is 4.79 Å². The van der Waals surface area contributed by atoms with Gasteiger partial charge in [0.05, 0.1) is 11.0 Å². The molecule has 0 aliphatic rings. The van der Waals surface area contributed by atoms with Crippen molar-refractivity contribution in [1.29, 1.82) is 0 Å². The summed E-state index contributed by atoms with van der Waals surface area (Å²) in [7, 11) is 0. The fourth-order valence-electron chi connectivity index (χ4n) is 4.25. The number of carbonyl (C=O) groups is 1. The predicted octanol–water partition coefficient (Wildman–Crippen LogP) is 6.25. The van der Waals surface area contributed by atoms with Gasteiger partial charge in [-0.1, -0.05) is 66.2 Å². The number of carbonyl (C=O) groups excluding carboxylic acids is 1. The molecule has 1 N–H and O–H groups in total. The molecule has 0 radical (unpaired) electrons. The van der Waals surface area contributed by atoms with Crippen LogP contribution < -0.4 is 5.32 Å². The number of nitrogens with zero attached hydrogens (tertiary/aromatic N) is 2. The Morgan fingerprint density at radius 1 is 0.879 bits per heavy atom. The van der Waals surface area contributed by atoms with Crippen molar-refractivity contribution in [2.24, 2.45) is 0 Å². The lowest BCUT2D eigenvalue weighted by atomic mass is 10.0. The summed E-state index contributed by atoms with van der Waals surface area (Å²) in [5, 5.41) is 6.12. The lowest BCUT2D eigenvalue weighted by Crippen LogP contribution is -2.25. The van der Waals surface area contributed by atoms with Crippen molar-refractivity contribution in [2.75, 3.05) is 6.54 Å². The molecular weight excluding hydrogens is 430 g/mol. The zero-order valence-corrected chi connectivity index (χ0v) is 18.9. The van der Waals surface area contributed by atoms with Crippen molar-refractivity contribution in [1.82, 2.24) is 14.9 Å². The van der Waals surface area contributed by atoms with Crippen LogP contribution in [0, 0.1) is 0 Å². The highest BCUT2D eigenvalue weighted by atomic mass is 35.5. The van der Waals surface area contributed by atoms with E-state index < -0.39 is 0 Å². The molecule has 0 atom stereocenters. The fourth-order valence-corrected chi connectivity index (χ4v) is 4.37. The number of aryl methyl sites for hydroxylation is 1. The Morgan fingerprint density at radius 3 is 2.52 bits per heavy atom. The van der Waals surface area contributed by atoms with Gasteiger partial charge >= 0.3 is 0 Å². The number of amides is 1. The molecule has 0 fully saturated rings. The van der Waals surface area contributed by atoms with Gasteiger partial charge < -0.3 is 9.88 Å². The van der Waals surface area contributed by atoms with Gasteiger partial charge in [0.25, 0.3) is 5.91 Å². The van der Waals surface area contributed by atoms with Gasteiger partial charge in [-0.05, 0) is 59.2 Å². The van der Waals surface area contributed by atoms with Crippen molar-refractivity contribution >= 4 is 39.3 Å². The van der Waals surface area contributed by atoms with E-state index in [2.05, 4.69) is 70.5 Å². The van der Waals surface area contributed by atoms with Crippen molar-refractivity contribution in [3.63, 3.8) is 0 Å². The number of fused-ring (bicyclic) bond motifs is 2. The van der Waals surface area contributed by atoms with Gasteiger partial charge in [-0.2, -0.15) is 0 Å². The standard InChI is InChI=1S/C28H24ClN3O/c29-23-16-14-21(15-17-23)28(33)30-18-6-13-27-31-25-11-3-4-12-26(25)32(27)19-22-9-5-8-20-7-1-2-10-24(20)22/h1-5,7-12,14-17H,6,13,18-19H2,(H,30,33). The number of nitrogens with one attached hydrogen (secondary N) is 1. The maximum absolute atomic E-state index is 12.4. The number of benzene rings is 4. The zero-order valence-electron chi connectivity index (χ0n) is 18.2. The average Bonchev–Trinajstić information content (AvgIpc) is 3.19. The zero-order chi connectivity index (χ0) is 22.6. The Balaban J connectivity index is 1.34. The molecule has 0 aliphatic carbocycles. The molecule has 1 heterocycles. The Hall–Kier alpha value is -3.63. The predicted molar refractivity (Wildman–Crippen MR) is 135 cm³/mol. The summed E-state index contributed by atoms with van der Waals surface area (Å²) in [6, 6.07) is 30.1. The van der Waals surface area contributed by atoms with Crippen molar-refractivity contribution in [2.45, 2.75) is 19.4 Å². The van der Waals surface area contributed by atoms with E-state index in [0.29, 0.717) is 17.1 Å². The number of imidazole rings is 1. The van der Waals surface area contributed by atoms with Crippen molar-refractivity contribution in [3.05, 3.63) is 113 Å². The number of aromatic nitrogens is 2. The van der Waals surface area contributed by atoms with Gasteiger partial charge in [-0.3, -0.25) is 4.79 Å². The van der Waals surface area contributed by atoms with E-state index in [1.165, 1.54) is 16.3 Å². The summed E-state index contributed by atoms with van der Waals surface area (Å²) >= 11 is 5.91. The summed E-state index contributed by atoms with van der Waals surface area (Å²) in [6.07, 6.45) is 1.58. The van der Waals surface area contributed by atoms with Crippen molar-refractivity contribution < 1.29 is 4.79 Å². The smallest absolute Gasteiger partial charge is 0.251 e. The molecule has 0 unspecified atom stereocenters. The van der Waals surface area contributed by atoms with Crippen LogP contribution in [-0.2, 0) is 13.0 Å². The van der Waals surface area contributed by atoms with Crippen molar-refractivity contribution in [3.8, 4) is 0 Å². The van der Waals surface area contributed by atoms with Gasteiger partial charge in [-0.15, -0.1) is 0 Å². The first-order valence-corrected chi connectivity index (χ1v) is 11.5. The maximum atomic E-state index is 12.4. The Labute approximate surface area is 197 Å². The third-order valence-electron chi connectivity index (χ3n) is 5.91. The molecule has 33 heavy (non-hydrogen) atoms. The molecule has 5 heteroatoms. The molecule has 0 saturated carbocycles. The van der Waals surface area contributed by atoms with Gasteiger partial charge in [0, 0.05) is 30.1 Å². The Bertz CT molecular complexity index is 1420. The second-order valence-electron chi connectivity index (χ2n) is 8.11. The highest BCUT2D eigenvalue weighted by molar-refractivity contribution is 6.30. The number of rotatable bonds is 7. The van der Waals surface area contributed by atoms with Gasteiger partial charge in [0.15, 0.2) is 0 Å². The minimum atomic E-state index is -0.0871. The topological polar surface area (TPSA) is 46.9 Å². The first kappa shape index (κ1) is 21.2. The number of hydrogen-bond acceptors (Lipinski definition) is 2. The molecule has 1 amide bonds. The molecule has 4 nitrogen and oxygen atoms in total. The van der Waals surface area contributed by atoms with Gasteiger partial charge in [-0.25, -0.2) is 4.98 Å². The lowest BCUT2D eigenvalue weighted by molar-refractivity contribution is 0.0953. The van der Waals surface area contributed by atoms with Crippen LogP contribution in [0.25, 0.3) is 21.8 Å². The molecule has 0 spiro atoms. The number of halogens is 1. The molecular formula is C28H24ClN3O. The van der Waals surface area contributed by atoms with Crippen LogP contribution in [0.1, 0.15) is 28.2 Å². The Kier molecular flexibility index (Phi) is 6.09. The molecule has 5 aromatic rings. The minimum Gasteiger partial charge on any atom is -0.352 e. The first-order chi connectivity index (χ1) is 16.2. The molecule has 0 saturated heterocycles. The average molecular weight is 454 g/mol. The van der Waals surface area contributed by atoms with Crippen LogP contribution in [0.3, 0.4) is 0 Å². The van der Waals surface area contributed by atoms with Crippen LogP contribution in [0.5, 0.6) is 0 Å². The van der Waals surface area contributed by atoms with Gasteiger partial charge in [0.2, 0.25) is 0 Å². The summed E-state index contributed by atoms with van der Waals surface area (Å²) in [5.74, 6) is 0.945. The monoisotopic (exact) mass is 453 g/mol. The Morgan fingerprint density at radius 2 is 1.64 bits per heavy atom. The third-order valence-corrected chi connectivity index (χ3v) is 6.16.